The van der Waals surface area contributed by atoms with E-state index in [0.717, 1.165) is 35.7 Å². The van der Waals surface area contributed by atoms with Crippen molar-refractivity contribution in [3.63, 3.8) is 0 Å². The van der Waals surface area contributed by atoms with Crippen molar-refractivity contribution in [2.45, 2.75) is 39.5 Å². The van der Waals surface area contributed by atoms with E-state index in [0.29, 0.717) is 11.6 Å². The second kappa shape index (κ2) is 6.99. The van der Waals surface area contributed by atoms with Crippen molar-refractivity contribution in [1.29, 1.82) is 0 Å². The number of benzene rings is 1. The second-order valence-corrected chi connectivity index (χ2v) is 6.60. The predicted molar refractivity (Wildman–Crippen MR) is 96.7 cm³/mol. The van der Waals surface area contributed by atoms with E-state index in [-0.39, 0.29) is 5.91 Å². The lowest BCUT2D eigenvalue weighted by molar-refractivity contribution is 0.102. The molecule has 1 N–H and O–H groups in total. The maximum atomic E-state index is 12.7. The Morgan fingerprint density at radius 3 is 2.67 bits per heavy atom. The minimum absolute atomic E-state index is 0.186. The van der Waals surface area contributed by atoms with Crippen LogP contribution in [0, 0.1) is 6.92 Å². The summed E-state index contributed by atoms with van der Waals surface area (Å²) in [5, 5.41) is 3.05. The number of amides is 1. The lowest BCUT2D eigenvalue weighted by Gasteiger charge is -2.18. The van der Waals surface area contributed by atoms with Crippen LogP contribution in [-0.2, 0) is 0 Å². The molecule has 24 heavy (non-hydrogen) atoms. The highest BCUT2D eigenvalue weighted by atomic mass is 16.1. The maximum Gasteiger partial charge on any atom is 0.274 e. The highest BCUT2D eigenvalue weighted by molar-refractivity contribution is 6.04. The van der Waals surface area contributed by atoms with Crippen LogP contribution in [0.2, 0.25) is 0 Å². The van der Waals surface area contributed by atoms with Crippen LogP contribution >= 0.6 is 0 Å². The first kappa shape index (κ1) is 16.4. The molecule has 5 heteroatoms. The van der Waals surface area contributed by atoms with Crippen LogP contribution in [0.25, 0.3) is 0 Å². The Kier molecular flexibility index (Phi) is 4.79. The van der Waals surface area contributed by atoms with Gasteiger partial charge in [-0.1, -0.05) is 32.0 Å². The molecule has 2 heterocycles. The summed E-state index contributed by atoms with van der Waals surface area (Å²) in [7, 11) is 0. The number of hydrogen-bond donors (Lipinski definition) is 1. The van der Waals surface area contributed by atoms with E-state index in [4.69, 9.17) is 0 Å². The molecule has 1 aromatic heterocycles. The van der Waals surface area contributed by atoms with E-state index in [1.807, 2.05) is 19.1 Å². The Morgan fingerprint density at radius 1 is 1.21 bits per heavy atom. The molecule has 1 aromatic carbocycles. The molecule has 0 spiro atoms. The summed E-state index contributed by atoms with van der Waals surface area (Å²) in [6, 6.07) is 7.88. The maximum absolute atomic E-state index is 12.7. The molecular weight excluding hydrogens is 300 g/mol. The van der Waals surface area contributed by atoms with Gasteiger partial charge in [-0.25, -0.2) is 9.97 Å². The third-order valence-corrected chi connectivity index (χ3v) is 4.48. The van der Waals surface area contributed by atoms with Gasteiger partial charge in [-0.05, 0) is 36.8 Å². The SMILES string of the molecule is Cc1cccc(C(C)C)c1NC(=O)c1cc(N2CCCC2)ncn1. The fourth-order valence-electron chi connectivity index (χ4n) is 3.11. The lowest BCUT2D eigenvalue weighted by Crippen LogP contribution is -2.21. The van der Waals surface area contributed by atoms with Crippen molar-refractivity contribution in [2.24, 2.45) is 0 Å². The monoisotopic (exact) mass is 324 g/mol. The summed E-state index contributed by atoms with van der Waals surface area (Å²) in [5.74, 6) is 0.987. The molecule has 0 atom stereocenters. The first-order valence-electron chi connectivity index (χ1n) is 8.54. The zero-order chi connectivity index (χ0) is 17.1. The van der Waals surface area contributed by atoms with Gasteiger partial charge in [0.05, 0.1) is 0 Å². The molecule has 0 radical (unpaired) electrons. The Labute approximate surface area is 143 Å². The van der Waals surface area contributed by atoms with Gasteiger partial charge in [0, 0.05) is 24.8 Å². The summed E-state index contributed by atoms with van der Waals surface area (Å²) in [5.41, 5.74) is 3.49. The molecule has 0 aliphatic carbocycles. The van der Waals surface area contributed by atoms with Crippen molar-refractivity contribution in [1.82, 2.24) is 9.97 Å². The van der Waals surface area contributed by atoms with Crippen molar-refractivity contribution >= 4 is 17.4 Å². The fourth-order valence-corrected chi connectivity index (χ4v) is 3.11. The third kappa shape index (κ3) is 3.40. The number of carbonyl (C=O) groups excluding carboxylic acids is 1. The van der Waals surface area contributed by atoms with Gasteiger partial charge in [0.2, 0.25) is 0 Å². The number of anilines is 2. The standard InChI is InChI=1S/C19H24N4O/c1-13(2)15-8-6-7-14(3)18(15)22-19(24)16-11-17(21-12-20-16)23-9-4-5-10-23/h6-8,11-13H,4-5,9-10H2,1-3H3,(H,22,24). The summed E-state index contributed by atoms with van der Waals surface area (Å²) < 4.78 is 0. The normalized spacial score (nSPS) is 14.2. The molecule has 1 aliphatic rings. The first-order valence-corrected chi connectivity index (χ1v) is 8.54. The molecule has 1 fully saturated rings. The van der Waals surface area contributed by atoms with E-state index < -0.39 is 0 Å². The van der Waals surface area contributed by atoms with Crippen LogP contribution in [-0.4, -0.2) is 29.0 Å². The predicted octanol–water partition coefficient (Wildman–Crippen LogP) is 3.76. The van der Waals surface area contributed by atoms with Gasteiger partial charge in [-0.3, -0.25) is 4.79 Å². The molecule has 126 valence electrons. The van der Waals surface area contributed by atoms with Crippen LogP contribution in [0.5, 0.6) is 0 Å². The zero-order valence-corrected chi connectivity index (χ0v) is 14.5. The third-order valence-electron chi connectivity index (χ3n) is 4.48. The Morgan fingerprint density at radius 2 is 1.96 bits per heavy atom. The van der Waals surface area contributed by atoms with Crippen LogP contribution in [0.4, 0.5) is 11.5 Å². The van der Waals surface area contributed by atoms with Crippen LogP contribution in [0.3, 0.4) is 0 Å². The van der Waals surface area contributed by atoms with Crippen LogP contribution < -0.4 is 10.2 Å². The van der Waals surface area contributed by atoms with Crippen molar-refractivity contribution < 1.29 is 4.79 Å². The molecular formula is C19H24N4O. The average molecular weight is 324 g/mol. The Hall–Kier alpha value is -2.43. The van der Waals surface area contributed by atoms with E-state index >= 15 is 0 Å². The minimum atomic E-state index is -0.186. The number of hydrogen-bond acceptors (Lipinski definition) is 4. The smallest absolute Gasteiger partial charge is 0.274 e. The first-order chi connectivity index (χ1) is 11.6. The molecule has 2 aromatic rings. The molecule has 1 aliphatic heterocycles. The summed E-state index contributed by atoms with van der Waals surface area (Å²) in [6.45, 7) is 8.25. The van der Waals surface area contributed by atoms with Gasteiger partial charge in [-0.2, -0.15) is 0 Å². The number of aryl methyl sites for hydroxylation is 1. The summed E-state index contributed by atoms with van der Waals surface area (Å²) in [4.78, 5) is 23.4. The largest absolute Gasteiger partial charge is 0.357 e. The van der Waals surface area contributed by atoms with E-state index in [9.17, 15) is 4.79 Å². The van der Waals surface area contributed by atoms with E-state index in [1.54, 1.807) is 6.07 Å². The minimum Gasteiger partial charge on any atom is -0.357 e. The Balaban J connectivity index is 1.84. The lowest BCUT2D eigenvalue weighted by atomic mass is 9.98. The van der Waals surface area contributed by atoms with Gasteiger partial charge in [0.25, 0.3) is 5.91 Å². The molecule has 1 amide bonds. The van der Waals surface area contributed by atoms with Crippen LogP contribution in [0.1, 0.15) is 54.2 Å². The van der Waals surface area contributed by atoms with Gasteiger partial charge in [-0.15, -0.1) is 0 Å². The van der Waals surface area contributed by atoms with Gasteiger partial charge < -0.3 is 10.2 Å². The number of aromatic nitrogens is 2. The number of carbonyl (C=O) groups is 1. The average Bonchev–Trinajstić information content (AvgIpc) is 3.11. The number of nitrogens with one attached hydrogen (secondary N) is 1. The fraction of sp³-hybridized carbons (Fsp3) is 0.421. The van der Waals surface area contributed by atoms with Crippen LogP contribution in [0.15, 0.2) is 30.6 Å². The molecule has 5 nitrogen and oxygen atoms in total. The quantitative estimate of drug-likeness (QED) is 0.930. The highest BCUT2D eigenvalue weighted by Crippen LogP contribution is 2.28. The van der Waals surface area contributed by atoms with Gasteiger partial charge in [0.1, 0.15) is 17.8 Å². The zero-order valence-electron chi connectivity index (χ0n) is 14.5. The molecule has 3 rings (SSSR count). The van der Waals surface area contributed by atoms with Gasteiger partial charge in [0.15, 0.2) is 0 Å². The van der Waals surface area contributed by atoms with E-state index in [2.05, 4.69) is 40.1 Å². The van der Waals surface area contributed by atoms with E-state index in [1.165, 1.54) is 19.2 Å². The highest BCUT2D eigenvalue weighted by Gasteiger charge is 2.18. The molecule has 0 bridgehead atoms. The number of nitrogens with zero attached hydrogens (tertiary/aromatic N) is 3. The van der Waals surface area contributed by atoms with Crippen molar-refractivity contribution in [2.75, 3.05) is 23.3 Å². The van der Waals surface area contributed by atoms with Crippen molar-refractivity contribution in [3.8, 4) is 0 Å². The summed E-state index contributed by atoms with van der Waals surface area (Å²) >= 11 is 0. The second-order valence-electron chi connectivity index (χ2n) is 6.60. The number of para-hydroxylation sites is 1. The van der Waals surface area contributed by atoms with Crippen molar-refractivity contribution in [3.05, 3.63) is 47.4 Å². The number of rotatable bonds is 4. The Bertz CT molecular complexity index is 736. The van der Waals surface area contributed by atoms with Gasteiger partial charge >= 0.3 is 0 Å². The molecule has 1 saturated heterocycles. The summed E-state index contributed by atoms with van der Waals surface area (Å²) in [6.07, 6.45) is 3.82. The molecule has 0 saturated carbocycles. The topological polar surface area (TPSA) is 58.1 Å². The molecule has 0 unspecified atom stereocenters.